The summed E-state index contributed by atoms with van der Waals surface area (Å²) >= 11 is 0. The van der Waals surface area contributed by atoms with Crippen molar-refractivity contribution in [2.45, 2.75) is 31.7 Å². The number of esters is 1. The molecular formula is C8H15NO2. The fraction of sp³-hybridized carbons (Fsp3) is 0.875. The minimum atomic E-state index is -0.119. The van der Waals surface area contributed by atoms with Crippen LogP contribution in [0.5, 0.6) is 0 Å². The molecule has 1 N–H and O–H groups in total. The van der Waals surface area contributed by atoms with Gasteiger partial charge in [-0.05, 0) is 19.4 Å². The van der Waals surface area contributed by atoms with Crippen molar-refractivity contribution < 1.29 is 9.53 Å². The molecule has 1 aliphatic heterocycles. The molecule has 1 aliphatic rings. The molecule has 0 bridgehead atoms. The van der Waals surface area contributed by atoms with Crippen molar-refractivity contribution in [3.63, 3.8) is 0 Å². The lowest BCUT2D eigenvalue weighted by atomic mass is 10.1. The van der Waals surface area contributed by atoms with E-state index in [2.05, 4.69) is 10.1 Å². The summed E-state index contributed by atoms with van der Waals surface area (Å²) in [7, 11) is 1.44. The van der Waals surface area contributed by atoms with Gasteiger partial charge < -0.3 is 10.1 Å². The van der Waals surface area contributed by atoms with Crippen LogP contribution in [-0.4, -0.2) is 25.7 Å². The molecule has 1 fully saturated rings. The maximum absolute atomic E-state index is 11.0. The second-order valence-electron chi connectivity index (χ2n) is 2.88. The number of hydrogen-bond donors (Lipinski definition) is 1. The van der Waals surface area contributed by atoms with Gasteiger partial charge in [0.15, 0.2) is 0 Å². The van der Waals surface area contributed by atoms with Crippen LogP contribution < -0.4 is 5.32 Å². The molecule has 64 valence electrons. The van der Waals surface area contributed by atoms with Gasteiger partial charge >= 0.3 is 5.97 Å². The fourth-order valence-corrected chi connectivity index (χ4v) is 1.37. The highest BCUT2D eigenvalue weighted by molar-refractivity contribution is 5.75. The van der Waals surface area contributed by atoms with Gasteiger partial charge in [-0.3, -0.25) is 4.79 Å². The van der Waals surface area contributed by atoms with Crippen LogP contribution in [0.4, 0.5) is 0 Å². The first-order valence-electron chi connectivity index (χ1n) is 4.16. The Balaban J connectivity index is 2.36. The van der Waals surface area contributed by atoms with Crippen molar-refractivity contribution in [2.24, 2.45) is 0 Å². The number of carbonyl (C=O) groups excluding carboxylic acids is 1. The molecule has 1 unspecified atom stereocenters. The first kappa shape index (κ1) is 8.53. The van der Waals surface area contributed by atoms with E-state index in [9.17, 15) is 4.79 Å². The van der Waals surface area contributed by atoms with Crippen LogP contribution in [0.1, 0.15) is 25.7 Å². The van der Waals surface area contributed by atoms with Crippen LogP contribution in [0.15, 0.2) is 0 Å². The van der Waals surface area contributed by atoms with E-state index in [1.807, 2.05) is 0 Å². The zero-order chi connectivity index (χ0) is 8.10. The summed E-state index contributed by atoms with van der Waals surface area (Å²) in [5, 5.41) is 3.16. The maximum Gasteiger partial charge on any atom is 0.322 e. The van der Waals surface area contributed by atoms with E-state index >= 15 is 0 Å². The molecule has 3 nitrogen and oxygen atoms in total. The van der Waals surface area contributed by atoms with E-state index in [-0.39, 0.29) is 12.0 Å². The number of ether oxygens (including phenoxy) is 1. The van der Waals surface area contributed by atoms with E-state index in [0.29, 0.717) is 0 Å². The summed E-state index contributed by atoms with van der Waals surface area (Å²) < 4.78 is 4.64. The fourth-order valence-electron chi connectivity index (χ4n) is 1.37. The van der Waals surface area contributed by atoms with Crippen LogP contribution in [0.2, 0.25) is 0 Å². The third-order valence-corrected chi connectivity index (χ3v) is 2.05. The average Bonchev–Trinajstić information content (AvgIpc) is 2.30. The maximum atomic E-state index is 11.0. The SMILES string of the molecule is COC(=O)C1CCCCCN1. The van der Waals surface area contributed by atoms with Gasteiger partial charge in [-0.25, -0.2) is 0 Å². The standard InChI is InChI=1S/C8H15NO2/c1-11-8(10)7-5-3-2-4-6-9-7/h7,9H,2-6H2,1H3. The van der Waals surface area contributed by atoms with Crippen LogP contribution in [0, 0.1) is 0 Å². The Morgan fingerprint density at radius 1 is 1.45 bits per heavy atom. The lowest BCUT2D eigenvalue weighted by molar-refractivity contribution is -0.143. The number of methoxy groups -OCH3 is 1. The minimum absolute atomic E-state index is 0.0532. The van der Waals surface area contributed by atoms with Crippen LogP contribution in [-0.2, 0) is 9.53 Å². The largest absolute Gasteiger partial charge is 0.468 e. The predicted molar refractivity (Wildman–Crippen MR) is 42.3 cm³/mol. The highest BCUT2D eigenvalue weighted by atomic mass is 16.5. The highest BCUT2D eigenvalue weighted by Gasteiger charge is 2.19. The molecule has 0 aliphatic carbocycles. The molecule has 0 amide bonds. The summed E-state index contributed by atoms with van der Waals surface area (Å²) in [6.07, 6.45) is 4.45. The zero-order valence-electron chi connectivity index (χ0n) is 6.93. The van der Waals surface area contributed by atoms with Gasteiger partial charge in [-0.1, -0.05) is 12.8 Å². The average molecular weight is 157 g/mol. The molecule has 1 saturated heterocycles. The molecule has 0 saturated carbocycles. The lowest BCUT2D eigenvalue weighted by Crippen LogP contribution is -2.36. The quantitative estimate of drug-likeness (QED) is 0.569. The number of nitrogens with one attached hydrogen (secondary N) is 1. The summed E-state index contributed by atoms with van der Waals surface area (Å²) in [5.74, 6) is -0.119. The van der Waals surface area contributed by atoms with E-state index < -0.39 is 0 Å². The molecule has 1 heterocycles. The Morgan fingerprint density at radius 2 is 2.27 bits per heavy atom. The highest BCUT2D eigenvalue weighted by Crippen LogP contribution is 2.08. The van der Waals surface area contributed by atoms with Crippen molar-refractivity contribution in [1.82, 2.24) is 5.32 Å². The monoisotopic (exact) mass is 157 g/mol. The lowest BCUT2D eigenvalue weighted by Gasteiger charge is -2.11. The van der Waals surface area contributed by atoms with Crippen LogP contribution in [0.3, 0.4) is 0 Å². The predicted octanol–water partition coefficient (Wildman–Crippen LogP) is 0.692. The topological polar surface area (TPSA) is 38.3 Å². The molecule has 0 radical (unpaired) electrons. The number of carbonyl (C=O) groups is 1. The normalized spacial score (nSPS) is 25.7. The summed E-state index contributed by atoms with van der Waals surface area (Å²) in [4.78, 5) is 11.0. The first-order valence-corrected chi connectivity index (χ1v) is 4.16. The van der Waals surface area contributed by atoms with Crippen molar-refractivity contribution in [3.05, 3.63) is 0 Å². The molecule has 0 aromatic rings. The molecule has 0 aromatic carbocycles. The smallest absolute Gasteiger partial charge is 0.322 e. The van der Waals surface area contributed by atoms with Gasteiger partial charge in [0.25, 0.3) is 0 Å². The van der Waals surface area contributed by atoms with Gasteiger partial charge in [0, 0.05) is 0 Å². The van der Waals surface area contributed by atoms with Gasteiger partial charge in [0.1, 0.15) is 6.04 Å². The van der Waals surface area contributed by atoms with Crippen LogP contribution in [0.25, 0.3) is 0 Å². The van der Waals surface area contributed by atoms with Gasteiger partial charge in [-0.2, -0.15) is 0 Å². The zero-order valence-corrected chi connectivity index (χ0v) is 6.93. The molecular weight excluding hydrogens is 142 g/mol. The molecule has 0 aromatic heterocycles. The van der Waals surface area contributed by atoms with Crippen molar-refractivity contribution >= 4 is 5.97 Å². The van der Waals surface area contributed by atoms with Crippen molar-refractivity contribution in [3.8, 4) is 0 Å². The first-order chi connectivity index (χ1) is 5.34. The molecule has 1 atom stereocenters. The summed E-state index contributed by atoms with van der Waals surface area (Å²) in [5.41, 5.74) is 0. The molecule has 3 heteroatoms. The second-order valence-corrected chi connectivity index (χ2v) is 2.88. The number of hydrogen-bond acceptors (Lipinski definition) is 3. The molecule has 11 heavy (non-hydrogen) atoms. The van der Waals surface area contributed by atoms with E-state index in [0.717, 1.165) is 19.4 Å². The van der Waals surface area contributed by atoms with E-state index in [1.54, 1.807) is 0 Å². The van der Waals surface area contributed by atoms with E-state index in [1.165, 1.54) is 20.0 Å². The van der Waals surface area contributed by atoms with E-state index in [4.69, 9.17) is 0 Å². The Morgan fingerprint density at radius 3 is 3.00 bits per heavy atom. The Kier molecular flexibility index (Phi) is 3.36. The number of rotatable bonds is 1. The summed E-state index contributed by atoms with van der Waals surface area (Å²) in [6, 6.07) is -0.0532. The van der Waals surface area contributed by atoms with Crippen LogP contribution >= 0.6 is 0 Å². The Bertz CT molecular complexity index is 128. The second kappa shape index (κ2) is 4.34. The van der Waals surface area contributed by atoms with Crippen molar-refractivity contribution in [2.75, 3.05) is 13.7 Å². The summed E-state index contributed by atoms with van der Waals surface area (Å²) in [6.45, 7) is 0.944. The minimum Gasteiger partial charge on any atom is -0.468 e. The molecule has 1 rings (SSSR count). The van der Waals surface area contributed by atoms with Gasteiger partial charge in [0.2, 0.25) is 0 Å². The third-order valence-electron chi connectivity index (χ3n) is 2.05. The Labute approximate surface area is 67.1 Å². The van der Waals surface area contributed by atoms with Gasteiger partial charge in [0.05, 0.1) is 7.11 Å². The van der Waals surface area contributed by atoms with Gasteiger partial charge in [-0.15, -0.1) is 0 Å². The molecule has 0 spiro atoms. The Hall–Kier alpha value is -0.570. The van der Waals surface area contributed by atoms with Crippen molar-refractivity contribution in [1.29, 1.82) is 0 Å². The third kappa shape index (κ3) is 2.50.